The minimum absolute atomic E-state index is 0.524. The fourth-order valence-electron chi connectivity index (χ4n) is 2.73. The third-order valence-corrected chi connectivity index (χ3v) is 3.90. The van der Waals surface area contributed by atoms with Crippen molar-refractivity contribution in [3.8, 4) is 5.75 Å². The standard InChI is InChI=1S/C17H23N5O/c1-2-23-15-9-7-14(8-10-15)19-17-20-16(13-18-21-17)22-11-5-3-4-6-12-22/h7-10,13H,2-6,11-12H2,1H3,(H,19,20,21). The molecule has 3 rings (SSSR count). The summed E-state index contributed by atoms with van der Waals surface area (Å²) in [5.74, 6) is 2.28. The zero-order chi connectivity index (χ0) is 15.9. The Bertz CT molecular complexity index is 609. The second-order valence-corrected chi connectivity index (χ2v) is 5.62. The molecule has 1 aliphatic heterocycles. The summed E-state index contributed by atoms with van der Waals surface area (Å²) in [6.45, 7) is 4.72. The lowest BCUT2D eigenvalue weighted by atomic mass is 10.2. The topological polar surface area (TPSA) is 63.2 Å². The number of nitrogens with one attached hydrogen (secondary N) is 1. The van der Waals surface area contributed by atoms with Crippen LogP contribution in [0.1, 0.15) is 32.6 Å². The number of hydrogen-bond acceptors (Lipinski definition) is 6. The van der Waals surface area contributed by atoms with Crippen molar-refractivity contribution in [3.63, 3.8) is 0 Å². The van der Waals surface area contributed by atoms with E-state index in [0.717, 1.165) is 30.3 Å². The Morgan fingerprint density at radius 1 is 1.09 bits per heavy atom. The molecule has 0 aliphatic carbocycles. The highest BCUT2D eigenvalue weighted by atomic mass is 16.5. The van der Waals surface area contributed by atoms with Gasteiger partial charge in [-0.15, -0.1) is 5.10 Å². The molecular formula is C17H23N5O. The average Bonchev–Trinajstić information content (AvgIpc) is 2.87. The van der Waals surface area contributed by atoms with Crippen molar-refractivity contribution >= 4 is 17.5 Å². The normalized spacial score (nSPS) is 15.1. The summed E-state index contributed by atoms with van der Waals surface area (Å²) in [5, 5.41) is 11.4. The summed E-state index contributed by atoms with van der Waals surface area (Å²) in [6, 6.07) is 7.76. The van der Waals surface area contributed by atoms with Crippen LogP contribution < -0.4 is 15.0 Å². The van der Waals surface area contributed by atoms with E-state index in [2.05, 4.69) is 25.4 Å². The van der Waals surface area contributed by atoms with E-state index in [1.165, 1.54) is 25.7 Å². The summed E-state index contributed by atoms with van der Waals surface area (Å²) >= 11 is 0. The summed E-state index contributed by atoms with van der Waals surface area (Å²) < 4.78 is 5.44. The second kappa shape index (κ2) is 7.76. The van der Waals surface area contributed by atoms with Crippen LogP contribution in [0, 0.1) is 0 Å². The molecule has 1 N–H and O–H groups in total. The van der Waals surface area contributed by atoms with Crippen molar-refractivity contribution < 1.29 is 4.74 Å². The number of hydrogen-bond donors (Lipinski definition) is 1. The number of aromatic nitrogens is 3. The van der Waals surface area contributed by atoms with Crippen molar-refractivity contribution in [1.29, 1.82) is 0 Å². The molecule has 1 aliphatic rings. The minimum Gasteiger partial charge on any atom is -0.494 e. The minimum atomic E-state index is 0.524. The number of rotatable bonds is 5. The zero-order valence-corrected chi connectivity index (χ0v) is 13.5. The number of anilines is 3. The first-order valence-electron chi connectivity index (χ1n) is 8.30. The number of nitrogens with zero attached hydrogens (tertiary/aromatic N) is 4. The Kier molecular flexibility index (Phi) is 5.24. The molecule has 0 bridgehead atoms. The average molecular weight is 313 g/mol. The van der Waals surface area contributed by atoms with Gasteiger partial charge in [-0.3, -0.25) is 0 Å². The van der Waals surface area contributed by atoms with Crippen LogP contribution in [0.4, 0.5) is 17.5 Å². The lowest BCUT2D eigenvalue weighted by Gasteiger charge is -2.20. The molecule has 1 fully saturated rings. The lowest BCUT2D eigenvalue weighted by molar-refractivity contribution is 0.340. The van der Waals surface area contributed by atoms with Crippen LogP contribution >= 0.6 is 0 Å². The molecule has 0 saturated carbocycles. The summed E-state index contributed by atoms with van der Waals surface area (Å²) in [4.78, 5) is 6.90. The van der Waals surface area contributed by atoms with Gasteiger partial charge in [0, 0.05) is 18.8 Å². The monoisotopic (exact) mass is 313 g/mol. The van der Waals surface area contributed by atoms with E-state index < -0.39 is 0 Å². The van der Waals surface area contributed by atoms with Gasteiger partial charge in [-0.05, 0) is 44.0 Å². The predicted octanol–water partition coefficient (Wildman–Crippen LogP) is 3.39. The van der Waals surface area contributed by atoms with Crippen molar-refractivity contribution in [2.75, 3.05) is 29.9 Å². The molecule has 6 heteroatoms. The molecule has 2 aromatic rings. The van der Waals surface area contributed by atoms with Gasteiger partial charge < -0.3 is 15.0 Å². The maximum atomic E-state index is 5.44. The molecule has 0 radical (unpaired) electrons. The molecular weight excluding hydrogens is 290 g/mol. The van der Waals surface area contributed by atoms with Crippen LogP contribution in [-0.4, -0.2) is 34.9 Å². The first kappa shape index (κ1) is 15.5. The van der Waals surface area contributed by atoms with Gasteiger partial charge in [0.2, 0.25) is 5.95 Å². The lowest BCUT2D eigenvalue weighted by Crippen LogP contribution is -2.25. The highest BCUT2D eigenvalue weighted by molar-refractivity contribution is 5.55. The molecule has 1 saturated heterocycles. The van der Waals surface area contributed by atoms with E-state index >= 15 is 0 Å². The Labute approximate surface area is 136 Å². The SMILES string of the molecule is CCOc1ccc(Nc2nncc(N3CCCCCC3)n2)cc1. The van der Waals surface area contributed by atoms with Gasteiger partial charge in [-0.2, -0.15) is 10.1 Å². The molecule has 0 amide bonds. The quantitative estimate of drug-likeness (QED) is 0.913. The fraction of sp³-hybridized carbons (Fsp3) is 0.471. The van der Waals surface area contributed by atoms with Crippen molar-refractivity contribution in [3.05, 3.63) is 30.5 Å². The summed E-state index contributed by atoms with van der Waals surface area (Å²) in [7, 11) is 0. The van der Waals surface area contributed by atoms with Gasteiger partial charge in [-0.25, -0.2) is 0 Å². The first-order valence-corrected chi connectivity index (χ1v) is 8.30. The summed E-state index contributed by atoms with van der Waals surface area (Å²) in [5.41, 5.74) is 0.920. The third kappa shape index (κ3) is 4.31. The van der Waals surface area contributed by atoms with Gasteiger partial charge in [0.1, 0.15) is 5.75 Å². The largest absolute Gasteiger partial charge is 0.494 e. The summed E-state index contributed by atoms with van der Waals surface area (Å²) in [6.07, 6.45) is 6.77. The van der Waals surface area contributed by atoms with E-state index in [1.807, 2.05) is 31.2 Å². The van der Waals surface area contributed by atoms with Gasteiger partial charge in [-0.1, -0.05) is 12.8 Å². The smallest absolute Gasteiger partial charge is 0.249 e. The number of benzene rings is 1. The van der Waals surface area contributed by atoms with Crippen LogP contribution in [0.15, 0.2) is 30.5 Å². The van der Waals surface area contributed by atoms with Crippen molar-refractivity contribution in [2.45, 2.75) is 32.6 Å². The van der Waals surface area contributed by atoms with Crippen LogP contribution in [0.3, 0.4) is 0 Å². The molecule has 23 heavy (non-hydrogen) atoms. The van der Waals surface area contributed by atoms with Gasteiger partial charge in [0.05, 0.1) is 12.8 Å². The Balaban J connectivity index is 1.69. The van der Waals surface area contributed by atoms with Crippen molar-refractivity contribution in [1.82, 2.24) is 15.2 Å². The van der Waals surface area contributed by atoms with Gasteiger partial charge in [0.15, 0.2) is 5.82 Å². The zero-order valence-electron chi connectivity index (χ0n) is 13.5. The molecule has 122 valence electrons. The molecule has 0 spiro atoms. The first-order chi connectivity index (χ1) is 11.3. The second-order valence-electron chi connectivity index (χ2n) is 5.62. The molecule has 2 heterocycles. The molecule has 6 nitrogen and oxygen atoms in total. The van der Waals surface area contributed by atoms with Crippen LogP contribution in [-0.2, 0) is 0 Å². The van der Waals surface area contributed by atoms with Crippen LogP contribution in [0.5, 0.6) is 5.75 Å². The van der Waals surface area contributed by atoms with Gasteiger partial charge in [0.25, 0.3) is 0 Å². The maximum absolute atomic E-state index is 5.44. The fourth-order valence-corrected chi connectivity index (χ4v) is 2.73. The Hall–Kier alpha value is -2.37. The Morgan fingerprint density at radius 2 is 1.83 bits per heavy atom. The van der Waals surface area contributed by atoms with Crippen LogP contribution in [0.2, 0.25) is 0 Å². The van der Waals surface area contributed by atoms with E-state index in [9.17, 15) is 0 Å². The highest BCUT2D eigenvalue weighted by Crippen LogP contribution is 2.20. The predicted molar refractivity (Wildman–Crippen MR) is 91.4 cm³/mol. The third-order valence-electron chi connectivity index (χ3n) is 3.90. The Morgan fingerprint density at radius 3 is 2.52 bits per heavy atom. The van der Waals surface area contributed by atoms with Crippen molar-refractivity contribution in [2.24, 2.45) is 0 Å². The van der Waals surface area contributed by atoms with E-state index in [1.54, 1.807) is 6.20 Å². The van der Waals surface area contributed by atoms with E-state index in [-0.39, 0.29) is 0 Å². The van der Waals surface area contributed by atoms with Gasteiger partial charge >= 0.3 is 0 Å². The highest BCUT2D eigenvalue weighted by Gasteiger charge is 2.12. The van der Waals surface area contributed by atoms with E-state index in [4.69, 9.17) is 4.74 Å². The molecule has 0 unspecified atom stereocenters. The molecule has 0 atom stereocenters. The maximum Gasteiger partial charge on any atom is 0.249 e. The van der Waals surface area contributed by atoms with E-state index in [0.29, 0.717) is 12.6 Å². The molecule has 1 aromatic heterocycles. The number of ether oxygens (including phenoxy) is 1. The molecule has 1 aromatic carbocycles. The van der Waals surface area contributed by atoms with Crippen LogP contribution in [0.25, 0.3) is 0 Å².